The van der Waals surface area contributed by atoms with Gasteiger partial charge in [0, 0.05) is 22.7 Å². The van der Waals surface area contributed by atoms with Crippen LogP contribution in [0.1, 0.15) is 16.8 Å². The molecule has 1 amide bonds. The maximum Gasteiger partial charge on any atom is 0.288 e. The van der Waals surface area contributed by atoms with Gasteiger partial charge in [-0.2, -0.15) is 8.78 Å². The van der Waals surface area contributed by atoms with E-state index in [0.717, 1.165) is 0 Å². The topological polar surface area (TPSA) is 66.5 Å². The molecule has 0 radical (unpaired) electrons. The quantitative estimate of drug-likeness (QED) is 0.778. The van der Waals surface area contributed by atoms with E-state index in [1.165, 1.54) is 34.6 Å². The van der Waals surface area contributed by atoms with Crippen LogP contribution in [0.2, 0.25) is 0 Å². The summed E-state index contributed by atoms with van der Waals surface area (Å²) in [5.74, 6) is -2.80. The van der Waals surface area contributed by atoms with E-state index in [-0.39, 0.29) is 5.75 Å². The summed E-state index contributed by atoms with van der Waals surface area (Å²) >= 11 is 0.430. The highest BCUT2D eigenvalue weighted by molar-refractivity contribution is 7.99. The molecule has 5 nitrogen and oxygen atoms in total. The Bertz CT molecular complexity index is 902. The predicted octanol–water partition coefficient (Wildman–Crippen LogP) is 3.79. The zero-order valence-corrected chi connectivity index (χ0v) is 15.2. The van der Waals surface area contributed by atoms with E-state index in [1.807, 2.05) is 0 Å². The van der Waals surface area contributed by atoms with Crippen LogP contribution in [0.15, 0.2) is 53.4 Å². The van der Waals surface area contributed by atoms with E-state index in [2.05, 4.69) is 5.32 Å². The van der Waals surface area contributed by atoms with E-state index in [9.17, 15) is 22.0 Å². The van der Waals surface area contributed by atoms with Gasteiger partial charge < -0.3 is 5.32 Å². The number of nitrogens with zero attached hydrogens (tertiary/aromatic N) is 1. The van der Waals surface area contributed by atoms with Crippen molar-refractivity contribution < 1.29 is 22.0 Å². The van der Waals surface area contributed by atoms with Gasteiger partial charge in [0.05, 0.1) is 11.4 Å². The summed E-state index contributed by atoms with van der Waals surface area (Å²) in [6, 6.07) is 12.5. The number of alkyl halides is 2. The highest BCUT2D eigenvalue weighted by atomic mass is 32.2. The maximum absolute atomic E-state index is 12.4. The molecule has 26 heavy (non-hydrogen) atoms. The number of halogens is 2. The van der Waals surface area contributed by atoms with Crippen LogP contribution in [0.3, 0.4) is 0 Å². The van der Waals surface area contributed by atoms with Crippen LogP contribution in [-0.2, 0) is 10.0 Å². The minimum Gasteiger partial charge on any atom is -0.322 e. The summed E-state index contributed by atoms with van der Waals surface area (Å²) in [5, 5.41) is 2.67. The zero-order valence-electron chi connectivity index (χ0n) is 13.6. The van der Waals surface area contributed by atoms with Gasteiger partial charge in [-0.05, 0) is 48.9 Å². The Morgan fingerprint density at radius 1 is 1.15 bits per heavy atom. The fourth-order valence-corrected chi connectivity index (χ4v) is 4.71. The Labute approximate surface area is 154 Å². The van der Waals surface area contributed by atoms with Crippen molar-refractivity contribution in [1.82, 2.24) is 0 Å². The fourth-order valence-electron chi connectivity index (χ4n) is 2.65. The number of rotatable bonds is 5. The van der Waals surface area contributed by atoms with Crippen LogP contribution < -0.4 is 9.62 Å². The van der Waals surface area contributed by atoms with Crippen molar-refractivity contribution >= 4 is 39.1 Å². The third-order valence-electron chi connectivity index (χ3n) is 3.83. The lowest BCUT2D eigenvalue weighted by molar-refractivity contribution is 0.102. The maximum atomic E-state index is 12.4. The van der Waals surface area contributed by atoms with E-state index in [4.69, 9.17) is 0 Å². The Balaban J connectivity index is 1.73. The van der Waals surface area contributed by atoms with Gasteiger partial charge in [0.2, 0.25) is 10.0 Å². The molecule has 9 heteroatoms. The van der Waals surface area contributed by atoms with Crippen LogP contribution in [0.4, 0.5) is 20.2 Å². The minimum absolute atomic E-state index is 0.104. The predicted molar refractivity (Wildman–Crippen MR) is 98.4 cm³/mol. The first-order valence-electron chi connectivity index (χ1n) is 7.82. The lowest BCUT2D eigenvalue weighted by Gasteiger charge is -2.17. The summed E-state index contributed by atoms with van der Waals surface area (Å²) < 4.78 is 50.0. The Morgan fingerprint density at radius 3 is 2.50 bits per heavy atom. The van der Waals surface area contributed by atoms with Gasteiger partial charge in [0.1, 0.15) is 0 Å². The molecule has 1 aliphatic rings. The molecule has 0 saturated carbocycles. The van der Waals surface area contributed by atoms with E-state index < -0.39 is 21.7 Å². The average molecular weight is 398 g/mol. The van der Waals surface area contributed by atoms with Crippen molar-refractivity contribution in [1.29, 1.82) is 0 Å². The SMILES string of the molecule is O=C(Nc1ccc(SC(F)F)cc1)c1cccc(N2CCCS2(=O)=O)c1. The van der Waals surface area contributed by atoms with Crippen molar-refractivity contribution in [3.05, 3.63) is 54.1 Å². The van der Waals surface area contributed by atoms with Crippen LogP contribution in [-0.4, -0.2) is 32.4 Å². The number of anilines is 2. The molecule has 0 aliphatic carbocycles. The lowest BCUT2D eigenvalue weighted by atomic mass is 10.2. The first-order valence-corrected chi connectivity index (χ1v) is 10.3. The Hall–Kier alpha value is -2.13. The molecule has 0 atom stereocenters. The van der Waals surface area contributed by atoms with E-state index >= 15 is 0 Å². The number of nitrogens with one attached hydrogen (secondary N) is 1. The molecule has 0 bridgehead atoms. The summed E-state index contributed by atoms with van der Waals surface area (Å²) in [5.41, 5.74) is 1.24. The Kier molecular flexibility index (Phi) is 5.47. The standard InChI is InChI=1S/C17H16F2N2O3S2/c18-17(19)25-15-7-5-13(6-8-15)20-16(22)12-3-1-4-14(11-12)21-9-2-10-26(21,23)24/h1,3-8,11,17H,2,9-10H2,(H,20,22). The molecule has 2 aromatic rings. The van der Waals surface area contributed by atoms with Crippen molar-refractivity contribution in [2.45, 2.75) is 17.1 Å². The third-order valence-corrected chi connectivity index (χ3v) is 6.43. The molecular weight excluding hydrogens is 382 g/mol. The van der Waals surface area contributed by atoms with Gasteiger partial charge in [0.15, 0.2) is 0 Å². The molecule has 1 N–H and O–H groups in total. The highest BCUT2D eigenvalue weighted by Gasteiger charge is 2.28. The van der Waals surface area contributed by atoms with Gasteiger partial charge in [-0.3, -0.25) is 9.10 Å². The number of amides is 1. The molecule has 1 heterocycles. The second-order valence-corrected chi connectivity index (χ2v) is 8.73. The third kappa shape index (κ3) is 4.34. The number of benzene rings is 2. The molecule has 1 saturated heterocycles. The monoisotopic (exact) mass is 398 g/mol. The molecule has 2 aromatic carbocycles. The first kappa shape index (κ1) is 18.7. The molecule has 0 aromatic heterocycles. The molecular formula is C17H16F2N2O3S2. The van der Waals surface area contributed by atoms with Crippen LogP contribution in [0.5, 0.6) is 0 Å². The van der Waals surface area contributed by atoms with Crippen molar-refractivity contribution in [3.63, 3.8) is 0 Å². The van der Waals surface area contributed by atoms with E-state index in [1.54, 1.807) is 18.2 Å². The Morgan fingerprint density at radius 2 is 1.88 bits per heavy atom. The second-order valence-electron chi connectivity index (χ2n) is 5.65. The van der Waals surface area contributed by atoms with Gasteiger partial charge in [0.25, 0.3) is 11.7 Å². The minimum atomic E-state index is -3.32. The molecule has 138 valence electrons. The van der Waals surface area contributed by atoms with Crippen LogP contribution >= 0.6 is 11.8 Å². The number of hydrogen-bond acceptors (Lipinski definition) is 4. The van der Waals surface area contributed by atoms with Crippen molar-refractivity contribution in [2.75, 3.05) is 21.9 Å². The molecule has 1 aliphatic heterocycles. The first-order chi connectivity index (χ1) is 12.3. The number of hydrogen-bond donors (Lipinski definition) is 1. The normalized spacial score (nSPS) is 16.0. The van der Waals surface area contributed by atoms with Gasteiger partial charge in [-0.1, -0.05) is 17.8 Å². The van der Waals surface area contributed by atoms with Crippen LogP contribution in [0, 0.1) is 0 Å². The number of carbonyl (C=O) groups is 1. The highest BCUT2D eigenvalue weighted by Crippen LogP contribution is 2.27. The summed E-state index contributed by atoms with van der Waals surface area (Å²) in [6.45, 7) is 0.399. The fraction of sp³-hybridized carbons (Fsp3) is 0.235. The summed E-state index contributed by atoms with van der Waals surface area (Å²) in [4.78, 5) is 12.8. The lowest BCUT2D eigenvalue weighted by Crippen LogP contribution is -2.25. The number of carbonyl (C=O) groups excluding carboxylic acids is 1. The average Bonchev–Trinajstić information content (AvgIpc) is 2.95. The summed E-state index contributed by atoms with van der Waals surface area (Å²) in [7, 11) is -3.32. The largest absolute Gasteiger partial charge is 0.322 e. The van der Waals surface area contributed by atoms with Crippen molar-refractivity contribution in [3.8, 4) is 0 Å². The number of sulfonamides is 1. The molecule has 0 unspecified atom stereocenters. The van der Waals surface area contributed by atoms with E-state index in [0.29, 0.717) is 46.6 Å². The van der Waals surface area contributed by atoms with Gasteiger partial charge in [-0.25, -0.2) is 8.42 Å². The number of thioether (sulfide) groups is 1. The van der Waals surface area contributed by atoms with Crippen molar-refractivity contribution in [2.24, 2.45) is 0 Å². The molecule has 3 rings (SSSR count). The molecule has 0 spiro atoms. The smallest absolute Gasteiger partial charge is 0.288 e. The second kappa shape index (κ2) is 7.63. The van der Waals surface area contributed by atoms with Gasteiger partial charge in [-0.15, -0.1) is 0 Å². The zero-order chi connectivity index (χ0) is 18.7. The molecule has 1 fully saturated rings. The van der Waals surface area contributed by atoms with Crippen LogP contribution in [0.25, 0.3) is 0 Å². The summed E-state index contributed by atoms with van der Waals surface area (Å²) in [6.07, 6.45) is 0.557. The van der Waals surface area contributed by atoms with Gasteiger partial charge >= 0.3 is 0 Å².